The molecule has 0 fully saturated rings. The van der Waals surface area contributed by atoms with Crippen molar-refractivity contribution in [3.63, 3.8) is 0 Å². The van der Waals surface area contributed by atoms with E-state index in [1.165, 1.54) is 64.2 Å². The smallest absolute Gasteiger partial charge is 0.306 e. The summed E-state index contributed by atoms with van der Waals surface area (Å²) in [7, 11) is 0. The van der Waals surface area contributed by atoms with Gasteiger partial charge in [-0.2, -0.15) is 0 Å². The summed E-state index contributed by atoms with van der Waals surface area (Å²) in [5, 5.41) is 0. The van der Waals surface area contributed by atoms with Crippen molar-refractivity contribution in [1.29, 1.82) is 0 Å². The van der Waals surface area contributed by atoms with E-state index in [1.54, 1.807) is 0 Å². The van der Waals surface area contributed by atoms with Gasteiger partial charge in [-0.15, -0.1) is 0 Å². The van der Waals surface area contributed by atoms with Gasteiger partial charge in [-0.1, -0.05) is 263 Å². The van der Waals surface area contributed by atoms with Gasteiger partial charge >= 0.3 is 17.9 Å². The third-order valence-electron chi connectivity index (χ3n) is 13.0. The number of carbonyl (C=O) groups is 3. The van der Waals surface area contributed by atoms with Crippen molar-refractivity contribution in [2.45, 2.75) is 277 Å². The molecular weight excluding hydrogens is 961 g/mol. The van der Waals surface area contributed by atoms with E-state index < -0.39 is 6.10 Å². The van der Waals surface area contributed by atoms with Crippen molar-refractivity contribution in [3.05, 3.63) is 146 Å². The molecule has 0 rings (SSSR count). The number of ether oxygens (including phenoxy) is 3. The largest absolute Gasteiger partial charge is 0.462 e. The monoisotopic (exact) mass is 1080 g/mol. The maximum absolute atomic E-state index is 12.9. The van der Waals surface area contributed by atoms with Crippen LogP contribution in [0, 0.1) is 0 Å². The van der Waals surface area contributed by atoms with E-state index in [0.717, 1.165) is 167 Å². The minimum atomic E-state index is -0.798. The highest BCUT2D eigenvalue weighted by atomic mass is 16.6. The Morgan fingerprint density at radius 3 is 0.795 bits per heavy atom. The lowest BCUT2D eigenvalue weighted by Crippen LogP contribution is -2.30. The predicted molar refractivity (Wildman–Crippen MR) is 339 cm³/mol. The number of hydrogen-bond acceptors (Lipinski definition) is 6. The molecule has 78 heavy (non-hydrogen) atoms. The van der Waals surface area contributed by atoms with Gasteiger partial charge in [0.2, 0.25) is 0 Å². The lowest BCUT2D eigenvalue weighted by molar-refractivity contribution is -0.167. The van der Waals surface area contributed by atoms with E-state index in [2.05, 4.69) is 167 Å². The number of carbonyl (C=O) groups excluding carboxylic acids is 3. The maximum Gasteiger partial charge on any atom is 0.306 e. The Kier molecular flexibility index (Phi) is 60.9. The van der Waals surface area contributed by atoms with Crippen molar-refractivity contribution in [3.8, 4) is 0 Å². The topological polar surface area (TPSA) is 78.9 Å². The van der Waals surface area contributed by atoms with Gasteiger partial charge in [0.25, 0.3) is 0 Å². The van der Waals surface area contributed by atoms with Crippen LogP contribution in [0.4, 0.5) is 0 Å². The van der Waals surface area contributed by atoms with Crippen molar-refractivity contribution in [1.82, 2.24) is 0 Å². The minimum absolute atomic E-state index is 0.0944. The van der Waals surface area contributed by atoms with Crippen LogP contribution in [0.25, 0.3) is 0 Å². The summed E-state index contributed by atoms with van der Waals surface area (Å²) in [6, 6.07) is 0. The van der Waals surface area contributed by atoms with E-state index in [0.29, 0.717) is 19.3 Å². The zero-order chi connectivity index (χ0) is 56.4. The highest BCUT2D eigenvalue weighted by Crippen LogP contribution is 2.15. The molecule has 0 aromatic rings. The molecule has 0 aromatic heterocycles. The summed E-state index contributed by atoms with van der Waals surface area (Å²) in [6.07, 6.45) is 92.8. The molecule has 0 aliphatic rings. The Labute approximate surface area is 480 Å². The number of allylic oxidation sites excluding steroid dienone is 24. The van der Waals surface area contributed by atoms with Crippen molar-refractivity contribution < 1.29 is 28.6 Å². The van der Waals surface area contributed by atoms with Gasteiger partial charge < -0.3 is 14.2 Å². The molecule has 6 nitrogen and oxygen atoms in total. The van der Waals surface area contributed by atoms with Crippen LogP contribution in [0.15, 0.2) is 146 Å². The first kappa shape index (κ1) is 73.3. The number of esters is 3. The predicted octanol–water partition coefficient (Wildman–Crippen LogP) is 21.9. The third kappa shape index (κ3) is 62.1. The molecule has 0 aromatic carbocycles. The molecular formula is C72H116O6. The first-order valence-corrected chi connectivity index (χ1v) is 31.8. The molecule has 440 valence electrons. The normalized spacial score (nSPS) is 13.1. The summed E-state index contributed by atoms with van der Waals surface area (Å²) < 4.78 is 16.9. The molecule has 0 bridgehead atoms. The summed E-state index contributed by atoms with van der Waals surface area (Å²) in [6.45, 7) is 6.33. The van der Waals surface area contributed by atoms with Crippen LogP contribution in [-0.4, -0.2) is 37.2 Å². The second kappa shape index (κ2) is 64.8. The Morgan fingerprint density at radius 2 is 0.500 bits per heavy atom. The van der Waals surface area contributed by atoms with Gasteiger partial charge in [-0.25, -0.2) is 0 Å². The molecule has 1 unspecified atom stereocenters. The molecule has 1 atom stereocenters. The van der Waals surface area contributed by atoms with Crippen molar-refractivity contribution in [2.24, 2.45) is 0 Å². The first-order valence-electron chi connectivity index (χ1n) is 31.8. The molecule has 0 saturated heterocycles. The van der Waals surface area contributed by atoms with Gasteiger partial charge in [-0.05, 0) is 135 Å². The Bertz CT molecular complexity index is 1710. The second-order valence-corrected chi connectivity index (χ2v) is 20.5. The SMILES string of the molecule is CC/C=C\C/C=C\C/C=C\C/C=C\C/C=C\C/C=C\CCCCCCCCC(=O)OCC(COC(=O)CCCCCCC/C=C\CCC)OC(=O)CCCCCCCCCCC/C=C\C/C=C\C/C=C\C/C=C\C/C=C\CC. The summed E-state index contributed by atoms with van der Waals surface area (Å²) in [5.74, 6) is -0.927. The molecule has 0 saturated carbocycles. The molecule has 0 radical (unpaired) electrons. The molecule has 0 aliphatic heterocycles. The lowest BCUT2D eigenvalue weighted by Gasteiger charge is -2.18. The van der Waals surface area contributed by atoms with Gasteiger partial charge in [0.1, 0.15) is 13.2 Å². The van der Waals surface area contributed by atoms with E-state index >= 15 is 0 Å². The van der Waals surface area contributed by atoms with Crippen molar-refractivity contribution >= 4 is 17.9 Å². The molecule has 6 heteroatoms. The van der Waals surface area contributed by atoms with Gasteiger partial charge in [0.05, 0.1) is 0 Å². The van der Waals surface area contributed by atoms with E-state index in [1.807, 2.05) is 0 Å². The van der Waals surface area contributed by atoms with Crippen molar-refractivity contribution in [2.75, 3.05) is 13.2 Å². The van der Waals surface area contributed by atoms with E-state index in [4.69, 9.17) is 14.2 Å². The number of unbranched alkanes of at least 4 members (excludes halogenated alkanes) is 21. The van der Waals surface area contributed by atoms with Gasteiger partial charge in [0, 0.05) is 19.3 Å². The average molecular weight is 1080 g/mol. The second-order valence-electron chi connectivity index (χ2n) is 20.5. The number of rotatable bonds is 56. The van der Waals surface area contributed by atoms with Gasteiger partial charge in [-0.3, -0.25) is 14.4 Å². The molecule has 0 spiro atoms. The summed E-state index contributed by atoms with van der Waals surface area (Å²) in [5.41, 5.74) is 0. The van der Waals surface area contributed by atoms with Crippen LogP contribution in [-0.2, 0) is 28.6 Å². The number of hydrogen-bond donors (Lipinski definition) is 0. The Hall–Kier alpha value is -4.71. The molecule has 0 heterocycles. The molecule has 0 amide bonds. The fourth-order valence-corrected chi connectivity index (χ4v) is 8.36. The van der Waals surface area contributed by atoms with Crippen LogP contribution in [0.3, 0.4) is 0 Å². The Balaban J connectivity index is 4.34. The Morgan fingerprint density at radius 1 is 0.269 bits per heavy atom. The zero-order valence-electron chi connectivity index (χ0n) is 50.4. The van der Waals surface area contributed by atoms with Crippen LogP contribution in [0.1, 0.15) is 271 Å². The standard InChI is InChI=1S/C72H116O6/c1-4-7-10-13-16-19-22-24-26-28-30-32-34-36-38-40-42-44-46-48-50-53-56-59-62-65-71(74)77-68-69(67-76-70(73)64-61-58-55-52-21-18-15-12-9-6-3)78-72(75)66-63-60-57-54-51-49-47-45-43-41-39-37-35-33-31-29-27-25-23-20-17-14-11-8-5-2/h7-8,10-12,15-17,19-20,24-27,30-33,36-39,42,44,69H,4-6,9,13-14,18,21-23,28-29,34-35,40-41,43,45-68H2,1-3H3/b10-7-,11-8-,15-12-,19-16-,20-17-,26-24-,27-25-,32-30-,33-31-,38-36-,39-37-,44-42-. The van der Waals surface area contributed by atoms with Crippen LogP contribution < -0.4 is 0 Å². The average Bonchev–Trinajstić information content (AvgIpc) is 3.44. The van der Waals surface area contributed by atoms with Crippen LogP contribution >= 0.6 is 0 Å². The molecule has 0 N–H and O–H groups in total. The maximum atomic E-state index is 12.9. The van der Waals surface area contributed by atoms with Gasteiger partial charge in [0.15, 0.2) is 6.10 Å². The summed E-state index contributed by atoms with van der Waals surface area (Å²) >= 11 is 0. The first-order chi connectivity index (χ1) is 38.5. The zero-order valence-corrected chi connectivity index (χ0v) is 50.4. The quantitative estimate of drug-likeness (QED) is 0.0261. The van der Waals surface area contributed by atoms with E-state index in [9.17, 15) is 14.4 Å². The van der Waals surface area contributed by atoms with Crippen LogP contribution in [0.5, 0.6) is 0 Å². The van der Waals surface area contributed by atoms with Crippen LogP contribution in [0.2, 0.25) is 0 Å². The highest BCUT2D eigenvalue weighted by Gasteiger charge is 2.19. The third-order valence-corrected chi connectivity index (χ3v) is 13.0. The lowest BCUT2D eigenvalue weighted by atomic mass is 10.1. The highest BCUT2D eigenvalue weighted by molar-refractivity contribution is 5.71. The van der Waals surface area contributed by atoms with E-state index in [-0.39, 0.29) is 31.1 Å². The minimum Gasteiger partial charge on any atom is -0.462 e. The summed E-state index contributed by atoms with van der Waals surface area (Å²) in [4.78, 5) is 38.2. The molecule has 0 aliphatic carbocycles. The fraction of sp³-hybridized carbons (Fsp3) is 0.625. The fourth-order valence-electron chi connectivity index (χ4n) is 8.36.